The lowest BCUT2D eigenvalue weighted by atomic mass is 10.1. The van der Waals surface area contributed by atoms with Crippen molar-refractivity contribution in [2.75, 3.05) is 7.11 Å². The predicted molar refractivity (Wildman–Crippen MR) is 67.9 cm³/mol. The van der Waals surface area contributed by atoms with Crippen molar-refractivity contribution < 1.29 is 4.74 Å². The molecule has 2 aromatic rings. The smallest absolute Gasteiger partial charge is 0.161 e. The third-order valence-electron chi connectivity index (χ3n) is 2.35. The molecule has 3 nitrogen and oxygen atoms in total. The molecule has 0 N–H and O–H groups in total. The van der Waals surface area contributed by atoms with Crippen molar-refractivity contribution in [3.8, 4) is 11.4 Å². The van der Waals surface area contributed by atoms with Gasteiger partial charge >= 0.3 is 0 Å². The number of ether oxygens (including phenoxy) is 1. The molecule has 1 aromatic carbocycles. The Labute approximate surface area is 105 Å². The molecule has 0 fully saturated rings. The van der Waals surface area contributed by atoms with Gasteiger partial charge in [0, 0.05) is 12.7 Å². The monoisotopic (exact) mass is 248 g/mol. The summed E-state index contributed by atoms with van der Waals surface area (Å²) in [6, 6.07) is 9.73. The van der Waals surface area contributed by atoms with E-state index >= 15 is 0 Å². The maximum Gasteiger partial charge on any atom is 0.161 e. The van der Waals surface area contributed by atoms with Crippen LogP contribution in [-0.4, -0.2) is 17.1 Å². The molecular formula is C13H13ClN2O. The Morgan fingerprint density at radius 1 is 1.18 bits per heavy atom. The van der Waals surface area contributed by atoms with Crippen molar-refractivity contribution >= 4 is 11.6 Å². The lowest BCUT2D eigenvalue weighted by molar-refractivity contribution is 0.181. The summed E-state index contributed by atoms with van der Waals surface area (Å²) in [4.78, 5) is 8.62. The van der Waals surface area contributed by atoms with Gasteiger partial charge in [0.2, 0.25) is 0 Å². The number of hydrogen-bond acceptors (Lipinski definition) is 3. The molecule has 0 saturated heterocycles. The van der Waals surface area contributed by atoms with Crippen LogP contribution in [0.3, 0.4) is 0 Å². The van der Waals surface area contributed by atoms with E-state index < -0.39 is 0 Å². The largest absolute Gasteiger partial charge is 0.378 e. The highest BCUT2D eigenvalue weighted by atomic mass is 35.5. The van der Waals surface area contributed by atoms with Crippen LogP contribution in [0.15, 0.2) is 30.3 Å². The quantitative estimate of drug-likeness (QED) is 0.782. The van der Waals surface area contributed by atoms with Gasteiger partial charge in [0.1, 0.15) is 5.15 Å². The van der Waals surface area contributed by atoms with Crippen molar-refractivity contribution in [2.45, 2.75) is 13.5 Å². The Hall–Kier alpha value is -1.45. The first-order valence-corrected chi connectivity index (χ1v) is 5.66. The van der Waals surface area contributed by atoms with Gasteiger partial charge in [-0.1, -0.05) is 41.4 Å². The van der Waals surface area contributed by atoms with Crippen molar-refractivity contribution in [2.24, 2.45) is 0 Å². The summed E-state index contributed by atoms with van der Waals surface area (Å²) in [6.45, 7) is 2.47. The van der Waals surface area contributed by atoms with Gasteiger partial charge in [-0.05, 0) is 13.0 Å². The van der Waals surface area contributed by atoms with Crippen molar-refractivity contribution in [3.63, 3.8) is 0 Å². The molecule has 0 unspecified atom stereocenters. The van der Waals surface area contributed by atoms with Gasteiger partial charge in [-0.15, -0.1) is 0 Å². The number of aromatic nitrogens is 2. The Balaban J connectivity index is 2.40. The second-order valence-electron chi connectivity index (χ2n) is 3.80. The van der Waals surface area contributed by atoms with Gasteiger partial charge in [0.15, 0.2) is 5.82 Å². The van der Waals surface area contributed by atoms with E-state index in [-0.39, 0.29) is 0 Å². The average molecular weight is 249 g/mol. The van der Waals surface area contributed by atoms with Crippen LogP contribution in [0.2, 0.25) is 5.15 Å². The van der Waals surface area contributed by atoms with E-state index in [2.05, 4.69) is 9.97 Å². The van der Waals surface area contributed by atoms with E-state index in [0.29, 0.717) is 17.6 Å². The third-order valence-corrected chi connectivity index (χ3v) is 2.54. The standard InChI is InChI=1S/C13H13ClN2O/c1-9-3-5-10(6-4-9)13-15-11(8-17-2)7-12(14)16-13/h3-7H,8H2,1-2H3. The fraction of sp³-hybridized carbons (Fsp3) is 0.231. The SMILES string of the molecule is COCc1cc(Cl)nc(-c2ccc(C)cc2)n1. The number of aryl methyl sites for hydroxylation is 1. The highest BCUT2D eigenvalue weighted by Gasteiger charge is 2.05. The molecule has 0 aliphatic carbocycles. The van der Waals surface area contributed by atoms with Gasteiger partial charge in [-0.3, -0.25) is 0 Å². The van der Waals surface area contributed by atoms with E-state index in [1.54, 1.807) is 13.2 Å². The van der Waals surface area contributed by atoms with Crippen LogP contribution < -0.4 is 0 Å². The molecule has 0 amide bonds. The molecule has 88 valence electrons. The van der Waals surface area contributed by atoms with Crippen LogP contribution in [0.1, 0.15) is 11.3 Å². The minimum absolute atomic E-state index is 0.432. The zero-order valence-electron chi connectivity index (χ0n) is 9.77. The van der Waals surface area contributed by atoms with Crippen LogP contribution in [0, 0.1) is 6.92 Å². The molecule has 0 aliphatic rings. The molecule has 0 bridgehead atoms. The maximum atomic E-state index is 5.96. The summed E-state index contributed by atoms with van der Waals surface area (Å²) in [6.07, 6.45) is 0. The molecule has 0 spiro atoms. The first-order valence-electron chi connectivity index (χ1n) is 5.28. The first kappa shape index (κ1) is 12.0. The number of rotatable bonds is 3. The highest BCUT2D eigenvalue weighted by molar-refractivity contribution is 6.29. The summed E-state index contributed by atoms with van der Waals surface area (Å²) >= 11 is 5.96. The van der Waals surface area contributed by atoms with Crippen molar-refractivity contribution in [1.29, 1.82) is 0 Å². The first-order chi connectivity index (χ1) is 8.19. The third kappa shape index (κ3) is 3.02. The van der Waals surface area contributed by atoms with E-state index in [1.807, 2.05) is 31.2 Å². The number of benzene rings is 1. The number of hydrogen-bond donors (Lipinski definition) is 0. The fourth-order valence-electron chi connectivity index (χ4n) is 1.52. The van der Waals surface area contributed by atoms with Gasteiger partial charge in [-0.2, -0.15) is 0 Å². The molecule has 0 saturated carbocycles. The predicted octanol–water partition coefficient (Wildman–Crippen LogP) is 3.25. The van der Waals surface area contributed by atoms with E-state index in [0.717, 1.165) is 11.3 Å². The van der Waals surface area contributed by atoms with Crippen molar-refractivity contribution in [3.05, 3.63) is 46.7 Å². The zero-order chi connectivity index (χ0) is 12.3. The molecule has 1 aromatic heterocycles. The van der Waals surface area contributed by atoms with E-state index in [9.17, 15) is 0 Å². The molecule has 0 aliphatic heterocycles. The second kappa shape index (κ2) is 5.25. The summed E-state index contributed by atoms with van der Waals surface area (Å²) in [7, 11) is 1.63. The minimum atomic E-state index is 0.432. The molecule has 0 atom stereocenters. The second-order valence-corrected chi connectivity index (χ2v) is 4.19. The highest BCUT2D eigenvalue weighted by Crippen LogP contribution is 2.18. The molecule has 4 heteroatoms. The topological polar surface area (TPSA) is 35.0 Å². The van der Waals surface area contributed by atoms with Crippen molar-refractivity contribution in [1.82, 2.24) is 9.97 Å². The average Bonchev–Trinajstić information content (AvgIpc) is 2.29. The van der Waals surface area contributed by atoms with Crippen LogP contribution in [-0.2, 0) is 11.3 Å². The lowest BCUT2D eigenvalue weighted by Gasteiger charge is -2.05. The molecule has 17 heavy (non-hydrogen) atoms. The van der Waals surface area contributed by atoms with E-state index in [1.165, 1.54) is 5.56 Å². The molecule has 2 rings (SSSR count). The Morgan fingerprint density at radius 3 is 2.53 bits per heavy atom. The van der Waals surface area contributed by atoms with Crippen LogP contribution >= 0.6 is 11.6 Å². The van der Waals surface area contributed by atoms with Gasteiger partial charge in [0.25, 0.3) is 0 Å². The molecule has 1 heterocycles. The van der Waals surface area contributed by atoms with E-state index in [4.69, 9.17) is 16.3 Å². The van der Waals surface area contributed by atoms with Gasteiger partial charge < -0.3 is 4.74 Å². The Bertz CT molecular complexity index is 511. The van der Waals surface area contributed by atoms with Gasteiger partial charge in [-0.25, -0.2) is 9.97 Å². The Morgan fingerprint density at radius 2 is 1.88 bits per heavy atom. The summed E-state index contributed by atoms with van der Waals surface area (Å²) in [5.41, 5.74) is 2.94. The molecular weight excluding hydrogens is 236 g/mol. The number of nitrogens with zero attached hydrogens (tertiary/aromatic N) is 2. The maximum absolute atomic E-state index is 5.96. The lowest BCUT2D eigenvalue weighted by Crippen LogP contribution is -1.97. The van der Waals surface area contributed by atoms with Crippen LogP contribution in [0.4, 0.5) is 0 Å². The normalized spacial score (nSPS) is 10.5. The molecule has 0 radical (unpaired) electrons. The zero-order valence-corrected chi connectivity index (χ0v) is 10.5. The minimum Gasteiger partial charge on any atom is -0.378 e. The summed E-state index contributed by atoms with van der Waals surface area (Å²) in [5.74, 6) is 0.629. The summed E-state index contributed by atoms with van der Waals surface area (Å²) < 4.78 is 5.04. The Kier molecular flexibility index (Phi) is 3.71. The number of methoxy groups -OCH3 is 1. The summed E-state index contributed by atoms with van der Waals surface area (Å²) in [5, 5.41) is 0.433. The fourth-order valence-corrected chi connectivity index (χ4v) is 1.72. The van der Waals surface area contributed by atoms with Crippen LogP contribution in [0.25, 0.3) is 11.4 Å². The number of halogens is 1. The van der Waals surface area contributed by atoms with Crippen LogP contribution in [0.5, 0.6) is 0 Å². The van der Waals surface area contributed by atoms with Gasteiger partial charge in [0.05, 0.1) is 12.3 Å².